The number of nitrogens with two attached hydrogens (primary N) is 1. The average molecular weight is 197 g/mol. The summed E-state index contributed by atoms with van der Waals surface area (Å²) in [7, 11) is 0. The summed E-state index contributed by atoms with van der Waals surface area (Å²) in [4.78, 5) is 0. The molecular formula is C11H16FNO. The Hall–Kier alpha value is -1.09. The third kappa shape index (κ3) is 2.70. The molecule has 2 nitrogen and oxygen atoms in total. The van der Waals surface area contributed by atoms with E-state index >= 15 is 0 Å². The van der Waals surface area contributed by atoms with Gasteiger partial charge in [0.15, 0.2) is 0 Å². The van der Waals surface area contributed by atoms with Crippen molar-refractivity contribution in [3.05, 3.63) is 29.6 Å². The van der Waals surface area contributed by atoms with Crippen molar-refractivity contribution in [2.45, 2.75) is 26.3 Å². The monoisotopic (exact) mass is 197 g/mol. The van der Waals surface area contributed by atoms with Gasteiger partial charge in [-0.15, -0.1) is 0 Å². The highest BCUT2D eigenvalue weighted by atomic mass is 19.1. The van der Waals surface area contributed by atoms with E-state index in [9.17, 15) is 4.39 Å². The fraction of sp³-hybridized carbons (Fsp3) is 0.455. The molecule has 0 aromatic heterocycles. The van der Waals surface area contributed by atoms with Crippen LogP contribution < -0.4 is 10.5 Å². The third-order valence-electron chi connectivity index (χ3n) is 1.94. The second-order valence-electron chi connectivity index (χ2n) is 3.32. The van der Waals surface area contributed by atoms with Gasteiger partial charge in [-0.25, -0.2) is 4.39 Å². The van der Waals surface area contributed by atoms with Crippen LogP contribution in [-0.2, 0) is 0 Å². The molecule has 0 saturated heterocycles. The van der Waals surface area contributed by atoms with Crippen LogP contribution >= 0.6 is 0 Å². The summed E-state index contributed by atoms with van der Waals surface area (Å²) in [5.41, 5.74) is 6.11. The SMILES string of the molecule is CCCOc1ccc([C@@H](C)N)c(F)c1. The summed E-state index contributed by atoms with van der Waals surface area (Å²) in [6, 6.07) is 4.52. The molecule has 14 heavy (non-hydrogen) atoms. The molecule has 0 fully saturated rings. The maximum atomic E-state index is 13.4. The summed E-state index contributed by atoms with van der Waals surface area (Å²) in [6.45, 7) is 4.37. The van der Waals surface area contributed by atoms with E-state index in [0.717, 1.165) is 6.42 Å². The Bertz CT molecular complexity index is 299. The van der Waals surface area contributed by atoms with Crippen molar-refractivity contribution in [1.29, 1.82) is 0 Å². The van der Waals surface area contributed by atoms with E-state index in [4.69, 9.17) is 10.5 Å². The predicted octanol–water partition coefficient (Wildman–Crippen LogP) is 2.63. The zero-order valence-corrected chi connectivity index (χ0v) is 8.59. The lowest BCUT2D eigenvalue weighted by Crippen LogP contribution is -2.07. The molecule has 0 bridgehead atoms. The van der Waals surface area contributed by atoms with E-state index in [1.165, 1.54) is 6.07 Å². The van der Waals surface area contributed by atoms with E-state index < -0.39 is 0 Å². The van der Waals surface area contributed by atoms with Crippen molar-refractivity contribution >= 4 is 0 Å². The average Bonchev–Trinajstić information content (AvgIpc) is 2.14. The molecule has 0 unspecified atom stereocenters. The molecule has 0 aliphatic heterocycles. The highest BCUT2D eigenvalue weighted by molar-refractivity contribution is 5.30. The lowest BCUT2D eigenvalue weighted by atomic mass is 10.1. The molecule has 0 amide bonds. The van der Waals surface area contributed by atoms with Crippen molar-refractivity contribution in [3.8, 4) is 5.75 Å². The van der Waals surface area contributed by atoms with E-state index in [0.29, 0.717) is 17.9 Å². The minimum absolute atomic E-state index is 0.282. The molecular weight excluding hydrogens is 181 g/mol. The van der Waals surface area contributed by atoms with Gasteiger partial charge in [0.2, 0.25) is 0 Å². The third-order valence-corrected chi connectivity index (χ3v) is 1.94. The number of halogens is 1. The summed E-state index contributed by atoms with van der Waals surface area (Å²) in [5.74, 6) is 0.266. The first-order chi connectivity index (χ1) is 6.65. The lowest BCUT2D eigenvalue weighted by molar-refractivity contribution is 0.315. The first-order valence-electron chi connectivity index (χ1n) is 4.83. The molecule has 0 spiro atoms. The first kappa shape index (κ1) is 11.0. The van der Waals surface area contributed by atoms with E-state index in [1.54, 1.807) is 19.1 Å². The quantitative estimate of drug-likeness (QED) is 0.805. The normalized spacial score (nSPS) is 12.6. The Labute approximate surface area is 83.9 Å². The van der Waals surface area contributed by atoms with Crippen LogP contribution in [0.3, 0.4) is 0 Å². The van der Waals surface area contributed by atoms with Crippen molar-refractivity contribution in [3.63, 3.8) is 0 Å². The van der Waals surface area contributed by atoms with Gasteiger partial charge in [-0.1, -0.05) is 13.0 Å². The summed E-state index contributed by atoms with van der Waals surface area (Å²) in [6.07, 6.45) is 0.913. The highest BCUT2D eigenvalue weighted by Crippen LogP contribution is 2.20. The second kappa shape index (κ2) is 4.96. The van der Waals surface area contributed by atoms with Gasteiger partial charge in [-0.3, -0.25) is 0 Å². The highest BCUT2D eigenvalue weighted by Gasteiger charge is 2.07. The zero-order chi connectivity index (χ0) is 10.6. The molecule has 1 atom stereocenters. The molecule has 3 heteroatoms. The van der Waals surface area contributed by atoms with Crippen molar-refractivity contribution in [1.82, 2.24) is 0 Å². The van der Waals surface area contributed by atoms with Gasteiger partial charge in [0.25, 0.3) is 0 Å². The fourth-order valence-corrected chi connectivity index (χ4v) is 1.19. The molecule has 0 aliphatic rings. The largest absolute Gasteiger partial charge is 0.494 e. The predicted molar refractivity (Wildman–Crippen MR) is 54.8 cm³/mol. The molecule has 0 saturated carbocycles. The van der Waals surface area contributed by atoms with Crippen LogP contribution in [0, 0.1) is 5.82 Å². The lowest BCUT2D eigenvalue weighted by Gasteiger charge is -2.09. The van der Waals surface area contributed by atoms with Crippen molar-refractivity contribution in [2.75, 3.05) is 6.61 Å². The Morgan fingerprint density at radius 1 is 1.50 bits per heavy atom. The molecule has 0 heterocycles. The maximum absolute atomic E-state index is 13.4. The Balaban J connectivity index is 2.78. The number of rotatable bonds is 4. The van der Waals surface area contributed by atoms with Crippen LogP contribution in [0.25, 0.3) is 0 Å². The minimum Gasteiger partial charge on any atom is -0.494 e. The van der Waals surface area contributed by atoms with Crippen molar-refractivity contribution < 1.29 is 9.13 Å². The number of ether oxygens (including phenoxy) is 1. The fourth-order valence-electron chi connectivity index (χ4n) is 1.19. The van der Waals surface area contributed by atoms with Crippen LogP contribution in [0.15, 0.2) is 18.2 Å². The Morgan fingerprint density at radius 3 is 2.71 bits per heavy atom. The molecule has 1 aromatic rings. The van der Waals surface area contributed by atoms with Gasteiger partial charge < -0.3 is 10.5 Å². The molecule has 0 aliphatic carbocycles. The molecule has 0 radical (unpaired) electrons. The molecule has 1 aromatic carbocycles. The maximum Gasteiger partial charge on any atom is 0.131 e. The topological polar surface area (TPSA) is 35.2 Å². The summed E-state index contributed by atoms with van der Waals surface area (Å²) < 4.78 is 18.7. The van der Waals surface area contributed by atoms with Gasteiger partial charge in [0.1, 0.15) is 11.6 Å². The number of benzene rings is 1. The molecule has 78 valence electrons. The zero-order valence-electron chi connectivity index (χ0n) is 8.59. The van der Waals surface area contributed by atoms with Crippen molar-refractivity contribution in [2.24, 2.45) is 5.73 Å². The number of hydrogen-bond donors (Lipinski definition) is 1. The van der Waals surface area contributed by atoms with Gasteiger partial charge in [-0.2, -0.15) is 0 Å². The standard InChI is InChI=1S/C11H16FNO/c1-3-6-14-9-4-5-10(8(2)13)11(12)7-9/h4-5,7-8H,3,6,13H2,1-2H3/t8-/m1/s1. The van der Waals surface area contributed by atoms with E-state index in [2.05, 4.69) is 0 Å². The Morgan fingerprint density at radius 2 is 2.21 bits per heavy atom. The van der Waals surface area contributed by atoms with Gasteiger partial charge in [0.05, 0.1) is 6.61 Å². The van der Waals surface area contributed by atoms with Gasteiger partial charge in [-0.05, 0) is 19.4 Å². The van der Waals surface area contributed by atoms with Crippen LogP contribution in [-0.4, -0.2) is 6.61 Å². The second-order valence-corrected chi connectivity index (χ2v) is 3.32. The Kier molecular flexibility index (Phi) is 3.89. The van der Waals surface area contributed by atoms with E-state index in [-0.39, 0.29) is 11.9 Å². The van der Waals surface area contributed by atoms with Crippen LogP contribution in [0.2, 0.25) is 0 Å². The summed E-state index contributed by atoms with van der Waals surface area (Å²) in [5, 5.41) is 0. The first-order valence-corrected chi connectivity index (χ1v) is 4.83. The van der Waals surface area contributed by atoms with Crippen LogP contribution in [0.5, 0.6) is 5.75 Å². The summed E-state index contributed by atoms with van der Waals surface area (Å²) >= 11 is 0. The molecule has 2 N–H and O–H groups in total. The van der Waals surface area contributed by atoms with Gasteiger partial charge in [0, 0.05) is 17.7 Å². The van der Waals surface area contributed by atoms with Crippen LogP contribution in [0.1, 0.15) is 31.9 Å². The minimum atomic E-state index is -0.298. The van der Waals surface area contributed by atoms with Crippen LogP contribution in [0.4, 0.5) is 4.39 Å². The smallest absolute Gasteiger partial charge is 0.131 e. The van der Waals surface area contributed by atoms with Gasteiger partial charge >= 0.3 is 0 Å². The van der Waals surface area contributed by atoms with E-state index in [1.807, 2.05) is 6.92 Å². The molecule has 1 rings (SSSR count). The number of hydrogen-bond acceptors (Lipinski definition) is 2.